The Morgan fingerprint density at radius 3 is 2.83 bits per heavy atom. The molecule has 0 aromatic carbocycles. The fraction of sp³-hybridized carbons (Fsp3) is 0.375. The first-order valence-electron chi connectivity index (χ1n) is 3.80. The normalized spacial score (nSPS) is 17.1. The highest BCUT2D eigenvalue weighted by molar-refractivity contribution is 9.10. The number of pyridine rings is 1. The molecule has 0 spiro atoms. The fourth-order valence-electron chi connectivity index (χ4n) is 1.02. The SMILES string of the molecule is Brc1ccc(NC2COC2)cn1. The van der Waals surface area contributed by atoms with Gasteiger partial charge in [-0.3, -0.25) is 0 Å². The van der Waals surface area contributed by atoms with E-state index in [1.165, 1.54) is 0 Å². The van der Waals surface area contributed by atoms with Gasteiger partial charge in [-0.15, -0.1) is 0 Å². The molecule has 3 nitrogen and oxygen atoms in total. The Balaban J connectivity index is 1.98. The van der Waals surface area contributed by atoms with Crippen LogP contribution in [0.1, 0.15) is 0 Å². The number of halogens is 1. The van der Waals surface area contributed by atoms with Crippen LogP contribution in [0.15, 0.2) is 22.9 Å². The lowest BCUT2D eigenvalue weighted by Gasteiger charge is -2.27. The summed E-state index contributed by atoms with van der Waals surface area (Å²) in [6, 6.07) is 4.38. The van der Waals surface area contributed by atoms with Gasteiger partial charge in [-0.2, -0.15) is 0 Å². The van der Waals surface area contributed by atoms with Crippen LogP contribution in [0.25, 0.3) is 0 Å². The molecule has 12 heavy (non-hydrogen) atoms. The number of ether oxygens (including phenoxy) is 1. The molecule has 0 bridgehead atoms. The van der Waals surface area contributed by atoms with Crippen molar-refractivity contribution in [2.45, 2.75) is 6.04 Å². The van der Waals surface area contributed by atoms with Gasteiger partial charge < -0.3 is 10.1 Å². The van der Waals surface area contributed by atoms with E-state index in [0.29, 0.717) is 6.04 Å². The summed E-state index contributed by atoms with van der Waals surface area (Å²) in [5, 5.41) is 3.30. The fourth-order valence-corrected chi connectivity index (χ4v) is 1.25. The van der Waals surface area contributed by atoms with Gasteiger partial charge in [-0.25, -0.2) is 4.98 Å². The van der Waals surface area contributed by atoms with Crippen LogP contribution in [0.3, 0.4) is 0 Å². The van der Waals surface area contributed by atoms with E-state index in [4.69, 9.17) is 4.74 Å². The average Bonchev–Trinajstić information content (AvgIpc) is 2.00. The topological polar surface area (TPSA) is 34.1 Å². The standard InChI is InChI=1S/C8H9BrN2O/c9-8-2-1-6(3-10-8)11-7-4-12-5-7/h1-3,7,11H,4-5H2. The van der Waals surface area contributed by atoms with Gasteiger partial charge in [0.1, 0.15) is 4.60 Å². The molecule has 64 valence electrons. The summed E-state index contributed by atoms with van der Waals surface area (Å²) in [6.07, 6.45) is 1.81. The van der Waals surface area contributed by atoms with Crippen LogP contribution >= 0.6 is 15.9 Å². The molecular formula is C8H9BrN2O. The van der Waals surface area contributed by atoms with Crippen molar-refractivity contribution >= 4 is 21.6 Å². The van der Waals surface area contributed by atoms with Gasteiger partial charge in [0.2, 0.25) is 0 Å². The maximum Gasteiger partial charge on any atom is 0.106 e. The molecule has 2 rings (SSSR count). The number of aromatic nitrogens is 1. The van der Waals surface area contributed by atoms with Crippen molar-refractivity contribution < 1.29 is 4.74 Å². The van der Waals surface area contributed by atoms with Crippen molar-refractivity contribution in [2.24, 2.45) is 0 Å². The molecule has 1 fully saturated rings. The lowest BCUT2D eigenvalue weighted by atomic mass is 10.2. The predicted molar refractivity (Wildman–Crippen MR) is 50.2 cm³/mol. The lowest BCUT2D eigenvalue weighted by Crippen LogP contribution is -2.40. The third kappa shape index (κ3) is 1.76. The Kier molecular flexibility index (Phi) is 2.28. The zero-order valence-electron chi connectivity index (χ0n) is 6.46. The summed E-state index contributed by atoms with van der Waals surface area (Å²) in [4.78, 5) is 4.10. The zero-order valence-corrected chi connectivity index (χ0v) is 8.04. The Hall–Kier alpha value is -0.610. The zero-order chi connectivity index (χ0) is 8.39. The highest BCUT2D eigenvalue weighted by atomic mass is 79.9. The molecule has 0 amide bonds. The molecule has 1 N–H and O–H groups in total. The first kappa shape index (κ1) is 8.01. The van der Waals surface area contributed by atoms with Crippen LogP contribution in [0.2, 0.25) is 0 Å². The van der Waals surface area contributed by atoms with Crippen molar-refractivity contribution in [1.82, 2.24) is 4.98 Å². The third-order valence-electron chi connectivity index (χ3n) is 1.74. The molecular weight excluding hydrogens is 220 g/mol. The smallest absolute Gasteiger partial charge is 0.106 e. The molecule has 1 aromatic rings. The Labute approximate surface area is 79.3 Å². The second kappa shape index (κ2) is 3.41. The van der Waals surface area contributed by atoms with Crippen molar-refractivity contribution in [1.29, 1.82) is 0 Å². The molecule has 0 unspecified atom stereocenters. The molecule has 1 aromatic heterocycles. The van der Waals surface area contributed by atoms with Crippen molar-refractivity contribution in [3.8, 4) is 0 Å². The van der Waals surface area contributed by atoms with Crippen molar-refractivity contribution in [3.05, 3.63) is 22.9 Å². The number of nitrogens with zero attached hydrogens (tertiary/aromatic N) is 1. The molecule has 0 atom stereocenters. The van der Waals surface area contributed by atoms with Gasteiger partial charge in [0, 0.05) is 0 Å². The van der Waals surface area contributed by atoms with Gasteiger partial charge in [-0.1, -0.05) is 0 Å². The molecule has 1 aliphatic heterocycles. The molecule has 4 heteroatoms. The summed E-state index contributed by atoms with van der Waals surface area (Å²) < 4.78 is 5.90. The van der Waals surface area contributed by atoms with Gasteiger partial charge in [0.15, 0.2) is 0 Å². The quantitative estimate of drug-likeness (QED) is 0.783. The highest BCUT2D eigenvalue weighted by Gasteiger charge is 2.17. The number of hydrogen-bond donors (Lipinski definition) is 1. The number of hydrogen-bond acceptors (Lipinski definition) is 3. The highest BCUT2D eigenvalue weighted by Crippen LogP contribution is 2.13. The molecule has 2 heterocycles. The third-order valence-corrected chi connectivity index (χ3v) is 2.21. The molecule has 1 saturated heterocycles. The largest absolute Gasteiger partial charge is 0.377 e. The second-order valence-corrected chi connectivity index (χ2v) is 3.56. The lowest BCUT2D eigenvalue weighted by molar-refractivity contribution is 0.0211. The minimum atomic E-state index is 0.466. The van der Waals surface area contributed by atoms with E-state index in [1.807, 2.05) is 18.3 Å². The van der Waals surface area contributed by atoms with E-state index >= 15 is 0 Å². The summed E-state index contributed by atoms with van der Waals surface area (Å²) in [5.74, 6) is 0. The number of anilines is 1. The minimum absolute atomic E-state index is 0.466. The molecule has 0 radical (unpaired) electrons. The first-order valence-corrected chi connectivity index (χ1v) is 4.60. The van der Waals surface area contributed by atoms with Crippen LogP contribution in [-0.4, -0.2) is 24.2 Å². The Bertz CT molecular complexity index is 258. The molecule has 0 aliphatic carbocycles. The minimum Gasteiger partial charge on any atom is -0.377 e. The molecule has 0 saturated carbocycles. The van der Waals surface area contributed by atoms with Crippen LogP contribution in [0.4, 0.5) is 5.69 Å². The van der Waals surface area contributed by atoms with E-state index in [0.717, 1.165) is 23.5 Å². The maximum absolute atomic E-state index is 5.04. The molecule has 1 aliphatic rings. The van der Waals surface area contributed by atoms with Crippen LogP contribution < -0.4 is 5.32 Å². The van der Waals surface area contributed by atoms with E-state index in [-0.39, 0.29) is 0 Å². The summed E-state index contributed by atoms with van der Waals surface area (Å²) >= 11 is 3.28. The number of rotatable bonds is 2. The van der Waals surface area contributed by atoms with E-state index in [9.17, 15) is 0 Å². The van der Waals surface area contributed by atoms with Crippen LogP contribution in [0, 0.1) is 0 Å². The summed E-state index contributed by atoms with van der Waals surface area (Å²) in [7, 11) is 0. The van der Waals surface area contributed by atoms with Gasteiger partial charge in [0.05, 0.1) is 31.1 Å². The van der Waals surface area contributed by atoms with Crippen molar-refractivity contribution in [2.75, 3.05) is 18.5 Å². The Morgan fingerprint density at radius 2 is 2.33 bits per heavy atom. The average molecular weight is 229 g/mol. The second-order valence-electron chi connectivity index (χ2n) is 2.75. The van der Waals surface area contributed by atoms with Crippen LogP contribution in [-0.2, 0) is 4.74 Å². The maximum atomic E-state index is 5.04. The van der Waals surface area contributed by atoms with Crippen LogP contribution in [0.5, 0.6) is 0 Å². The number of nitrogens with one attached hydrogen (secondary N) is 1. The monoisotopic (exact) mass is 228 g/mol. The van der Waals surface area contributed by atoms with Gasteiger partial charge >= 0.3 is 0 Å². The van der Waals surface area contributed by atoms with E-state index in [1.54, 1.807) is 0 Å². The van der Waals surface area contributed by atoms with Crippen molar-refractivity contribution in [3.63, 3.8) is 0 Å². The summed E-state index contributed by atoms with van der Waals surface area (Å²) in [5.41, 5.74) is 1.05. The van der Waals surface area contributed by atoms with Gasteiger partial charge in [-0.05, 0) is 28.1 Å². The summed E-state index contributed by atoms with van der Waals surface area (Å²) in [6.45, 7) is 1.60. The van der Waals surface area contributed by atoms with Gasteiger partial charge in [0.25, 0.3) is 0 Å². The Morgan fingerprint density at radius 1 is 1.50 bits per heavy atom. The first-order chi connectivity index (χ1) is 5.84. The van der Waals surface area contributed by atoms with E-state index in [2.05, 4.69) is 26.2 Å². The van der Waals surface area contributed by atoms with E-state index < -0.39 is 0 Å². The predicted octanol–water partition coefficient (Wildman–Crippen LogP) is 1.65.